The fraction of sp³-hybridized carbons (Fsp3) is 0.0698. The first kappa shape index (κ1) is 27.0. The van der Waals surface area contributed by atoms with E-state index < -0.39 is 0 Å². The molecule has 47 heavy (non-hydrogen) atoms. The first-order chi connectivity index (χ1) is 23.0. The van der Waals surface area contributed by atoms with Crippen LogP contribution in [0.2, 0.25) is 0 Å². The van der Waals surface area contributed by atoms with E-state index in [4.69, 9.17) is 9.97 Å². The molecular weight excluding hydrogens is 609 g/mol. The first-order valence-corrected chi connectivity index (χ1v) is 17.6. The van der Waals surface area contributed by atoms with E-state index in [1.807, 2.05) is 11.3 Å². The van der Waals surface area contributed by atoms with Crippen LogP contribution in [-0.2, 0) is 5.41 Å². The standard InChI is InChI=1S/C43H28N2S2/c1-43(2)35-15-5-3-11-30(35)31-19-17-26(23-36(31)43)25-18-20-38-34(22-25)40-42(47-38)39(44-24-45-40)28-10-7-9-27(21-28)29-13-8-14-33-32-12-4-6-16-37(32)46-41(29)33/h3-24H,1-2H3. The number of aromatic nitrogens is 2. The molecule has 2 nitrogen and oxygen atoms in total. The van der Waals surface area contributed by atoms with Gasteiger partial charge in [0.15, 0.2) is 0 Å². The van der Waals surface area contributed by atoms with Crippen LogP contribution < -0.4 is 0 Å². The molecule has 222 valence electrons. The molecule has 0 saturated carbocycles. The molecular formula is C43H28N2S2. The van der Waals surface area contributed by atoms with Gasteiger partial charge in [-0.15, -0.1) is 22.7 Å². The molecule has 0 bridgehead atoms. The predicted molar refractivity (Wildman–Crippen MR) is 202 cm³/mol. The minimum absolute atomic E-state index is 0.0275. The predicted octanol–water partition coefficient (Wildman–Crippen LogP) is 12.5. The normalized spacial score (nSPS) is 13.5. The second kappa shape index (κ2) is 9.92. The highest BCUT2D eigenvalue weighted by Gasteiger charge is 2.35. The molecule has 3 heterocycles. The lowest BCUT2D eigenvalue weighted by atomic mass is 9.81. The smallest absolute Gasteiger partial charge is 0.116 e. The van der Waals surface area contributed by atoms with Crippen molar-refractivity contribution in [3.05, 3.63) is 145 Å². The van der Waals surface area contributed by atoms with E-state index in [-0.39, 0.29) is 5.41 Å². The van der Waals surface area contributed by atoms with Gasteiger partial charge in [-0.1, -0.05) is 111 Å². The fourth-order valence-electron chi connectivity index (χ4n) is 7.65. The summed E-state index contributed by atoms with van der Waals surface area (Å²) in [6, 6.07) is 46.8. The van der Waals surface area contributed by atoms with Crippen molar-refractivity contribution in [2.75, 3.05) is 0 Å². The summed E-state index contributed by atoms with van der Waals surface area (Å²) in [4.78, 5) is 9.71. The molecule has 0 amide bonds. The Morgan fingerprint density at radius 3 is 2.13 bits per heavy atom. The van der Waals surface area contributed by atoms with E-state index in [0.29, 0.717) is 0 Å². The van der Waals surface area contributed by atoms with Crippen LogP contribution in [0.15, 0.2) is 134 Å². The fourth-order valence-corrected chi connectivity index (χ4v) is 10.0. The third-order valence-electron chi connectivity index (χ3n) is 10.0. The Labute approximate surface area is 280 Å². The molecule has 0 saturated heterocycles. The van der Waals surface area contributed by atoms with Crippen LogP contribution >= 0.6 is 22.7 Å². The summed E-state index contributed by atoms with van der Waals surface area (Å²) in [6.45, 7) is 4.68. The largest absolute Gasteiger partial charge is 0.235 e. The summed E-state index contributed by atoms with van der Waals surface area (Å²) >= 11 is 3.65. The van der Waals surface area contributed by atoms with E-state index in [1.165, 1.54) is 74.8 Å². The molecule has 0 fully saturated rings. The summed E-state index contributed by atoms with van der Waals surface area (Å²) in [6.07, 6.45) is 1.73. The molecule has 0 N–H and O–H groups in total. The van der Waals surface area contributed by atoms with Crippen molar-refractivity contribution in [2.45, 2.75) is 19.3 Å². The van der Waals surface area contributed by atoms with Crippen molar-refractivity contribution >= 4 is 63.1 Å². The molecule has 6 aromatic carbocycles. The van der Waals surface area contributed by atoms with Gasteiger partial charge in [-0.05, 0) is 74.8 Å². The lowest BCUT2D eigenvalue weighted by molar-refractivity contribution is 0.660. The molecule has 9 aromatic rings. The minimum Gasteiger partial charge on any atom is -0.235 e. The molecule has 0 atom stereocenters. The Hall–Kier alpha value is -5.16. The third kappa shape index (κ3) is 3.95. The number of hydrogen-bond donors (Lipinski definition) is 0. The summed E-state index contributed by atoms with van der Waals surface area (Å²) in [5.74, 6) is 0. The Morgan fingerprint density at radius 2 is 1.17 bits per heavy atom. The molecule has 0 aliphatic heterocycles. The maximum absolute atomic E-state index is 4.86. The van der Waals surface area contributed by atoms with E-state index in [0.717, 1.165) is 21.5 Å². The minimum atomic E-state index is -0.0275. The van der Waals surface area contributed by atoms with Crippen LogP contribution in [0.4, 0.5) is 0 Å². The monoisotopic (exact) mass is 636 g/mol. The molecule has 0 spiro atoms. The second-order valence-electron chi connectivity index (χ2n) is 13.0. The van der Waals surface area contributed by atoms with Crippen molar-refractivity contribution in [3.63, 3.8) is 0 Å². The summed E-state index contributed by atoms with van der Waals surface area (Å²) in [7, 11) is 0. The Bertz CT molecular complexity index is 2730. The zero-order valence-electron chi connectivity index (χ0n) is 25.9. The Kier molecular flexibility index (Phi) is 5.70. The van der Waals surface area contributed by atoms with Gasteiger partial charge in [-0.25, -0.2) is 9.97 Å². The van der Waals surface area contributed by atoms with Crippen molar-refractivity contribution in [2.24, 2.45) is 0 Å². The SMILES string of the molecule is CC1(C)c2ccccc2-c2ccc(-c3ccc4sc5c(-c6cccc(-c7cccc8c7sc7ccccc78)c6)ncnc5c4c3)cc21. The third-order valence-corrected chi connectivity index (χ3v) is 12.4. The van der Waals surface area contributed by atoms with E-state index >= 15 is 0 Å². The zero-order chi connectivity index (χ0) is 31.3. The van der Waals surface area contributed by atoms with Crippen LogP contribution in [0.25, 0.3) is 85.1 Å². The number of nitrogens with zero attached hydrogens (tertiary/aromatic N) is 2. The maximum Gasteiger partial charge on any atom is 0.116 e. The van der Waals surface area contributed by atoms with E-state index in [9.17, 15) is 0 Å². The van der Waals surface area contributed by atoms with Gasteiger partial charge in [-0.2, -0.15) is 0 Å². The number of fused-ring (bicyclic) bond motifs is 9. The van der Waals surface area contributed by atoms with Gasteiger partial charge in [0.1, 0.15) is 6.33 Å². The summed E-state index contributed by atoms with van der Waals surface area (Å²) < 4.78 is 5.00. The van der Waals surface area contributed by atoms with Gasteiger partial charge in [0.05, 0.1) is 15.9 Å². The topological polar surface area (TPSA) is 25.8 Å². The summed E-state index contributed by atoms with van der Waals surface area (Å²) in [5.41, 5.74) is 13.5. The lowest BCUT2D eigenvalue weighted by Gasteiger charge is -2.22. The van der Waals surface area contributed by atoms with Crippen LogP contribution in [0.1, 0.15) is 25.0 Å². The highest BCUT2D eigenvalue weighted by atomic mass is 32.1. The number of hydrogen-bond acceptors (Lipinski definition) is 4. The average molecular weight is 637 g/mol. The van der Waals surface area contributed by atoms with Gasteiger partial charge in [0.25, 0.3) is 0 Å². The maximum atomic E-state index is 4.86. The molecule has 0 radical (unpaired) electrons. The molecule has 0 unspecified atom stereocenters. The quantitative estimate of drug-likeness (QED) is 0.193. The lowest BCUT2D eigenvalue weighted by Crippen LogP contribution is -2.14. The Balaban J connectivity index is 1.08. The molecule has 4 heteroatoms. The van der Waals surface area contributed by atoms with Crippen LogP contribution in [0, 0.1) is 0 Å². The zero-order valence-corrected chi connectivity index (χ0v) is 27.5. The highest BCUT2D eigenvalue weighted by Crippen LogP contribution is 2.50. The van der Waals surface area contributed by atoms with Crippen molar-refractivity contribution < 1.29 is 0 Å². The number of thiophene rings is 2. The van der Waals surface area contributed by atoms with Crippen molar-refractivity contribution in [1.29, 1.82) is 0 Å². The van der Waals surface area contributed by atoms with Gasteiger partial charge in [0, 0.05) is 41.2 Å². The number of benzene rings is 6. The van der Waals surface area contributed by atoms with Gasteiger partial charge in [-0.3, -0.25) is 0 Å². The van der Waals surface area contributed by atoms with Gasteiger partial charge in [0.2, 0.25) is 0 Å². The first-order valence-electron chi connectivity index (χ1n) is 16.0. The number of rotatable bonds is 3. The second-order valence-corrected chi connectivity index (χ2v) is 15.1. The summed E-state index contributed by atoms with van der Waals surface area (Å²) in [5, 5.41) is 3.82. The van der Waals surface area contributed by atoms with E-state index in [1.54, 1.807) is 17.7 Å². The van der Waals surface area contributed by atoms with Gasteiger partial charge >= 0.3 is 0 Å². The Morgan fingerprint density at radius 1 is 0.468 bits per heavy atom. The molecule has 1 aliphatic rings. The molecule has 3 aromatic heterocycles. The van der Waals surface area contributed by atoms with Crippen molar-refractivity contribution in [3.8, 4) is 44.6 Å². The van der Waals surface area contributed by atoms with Gasteiger partial charge < -0.3 is 0 Å². The molecule has 10 rings (SSSR count). The van der Waals surface area contributed by atoms with Crippen LogP contribution in [-0.4, -0.2) is 9.97 Å². The highest BCUT2D eigenvalue weighted by molar-refractivity contribution is 7.26. The van der Waals surface area contributed by atoms with Crippen LogP contribution in [0.5, 0.6) is 0 Å². The average Bonchev–Trinajstić information content (AvgIpc) is 3.76. The molecule has 1 aliphatic carbocycles. The van der Waals surface area contributed by atoms with E-state index in [2.05, 4.69) is 141 Å². The van der Waals surface area contributed by atoms with Crippen molar-refractivity contribution in [1.82, 2.24) is 9.97 Å². The van der Waals surface area contributed by atoms with Crippen LogP contribution in [0.3, 0.4) is 0 Å².